The Bertz CT molecular complexity index is 102. The summed E-state index contributed by atoms with van der Waals surface area (Å²) in [4.78, 5) is 0. The fraction of sp³-hybridized carbons (Fsp3) is 1.00. The molecule has 0 bridgehead atoms. The normalized spacial score (nSPS) is 35.2. The molecule has 0 aromatic heterocycles. The second-order valence-electron chi connectivity index (χ2n) is 4.13. The lowest BCUT2D eigenvalue weighted by atomic mass is 9.73. The Labute approximate surface area is 76.6 Å². The van der Waals surface area contributed by atoms with Crippen molar-refractivity contribution < 1.29 is 4.39 Å². The highest BCUT2D eigenvalue weighted by molar-refractivity contribution is 4.79. The predicted molar refractivity (Wildman–Crippen MR) is 53.1 cm³/mol. The predicted octanol–water partition coefficient (Wildman–Crippen LogP) is 4.20. The zero-order chi connectivity index (χ0) is 9.61. The number of hydrogen-bond acceptors (Lipinski definition) is 0. The minimum absolute atomic E-state index is 0.0342. The van der Waals surface area contributed by atoms with Gasteiger partial charge in [-0.2, -0.15) is 0 Å². The minimum atomic E-state index is -0.125. The van der Waals surface area contributed by atoms with Gasteiger partial charge in [-0.15, -0.1) is 0 Å². The second-order valence-corrected chi connectivity index (χ2v) is 4.13. The van der Waals surface area contributed by atoms with E-state index in [1.165, 1.54) is 12.8 Å². The molecule has 0 radical (unpaired) electrons. The molecule has 0 unspecified atom stereocenters. The Morgan fingerprint density at radius 2 is 1.67 bits per heavy atom. The van der Waals surface area contributed by atoms with E-state index in [0.29, 0.717) is 0 Å². The molecule has 0 heterocycles. The molecule has 1 aliphatic rings. The quantitative estimate of drug-likeness (QED) is 0.559. The summed E-state index contributed by atoms with van der Waals surface area (Å²) >= 11 is 0. The largest absolute Gasteiger partial charge is 0.251 e. The molecule has 0 aromatic carbocycles. The molecule has 0 atom stereocenters. The van der Waals surface area contributed by atoms with Crippen molar-refractivity contribution in [2.45, 2.75) is 53.4 Å². The average Bonchev–Trinajstić information content (AvgIpc) is 2.14. The maximum Gasteiger partial charge on any atom is 0.0947 e. The third-order valence-electron chi connectivity index (χ3n) is 2.80. The lowest BCUT2D eigenvalue weighted by Crippen LogP contribution is -2.25. The zero-order valence-corrected chi connectivity index (χ0v) is 8.99. The van der Waals surface area contributed by atoms with Gasteiger partial charge in [0.2, 0.25) is 0 Å². The molecule has 0 aliphatic heterocycles. The van der Waals surface area contributed by atoms with Crippen LogP contribution in [0.1, 0.15) is 53.4 Å². The molecule has 0 spiro atoms. The molecule has 1 fully saturated rings. The van der Waals surface area contributed by atoms with Crippen molar-refractivity contribution in [3.63, 3.8) is 0 Å². The smallest absolute Gasteiger partial charge is 0.0947 e. The van der Waals surface area contributed by atoms with Crippen LogP contribution in [0.3, 0.4) is 0 Å². The van der Waals surface area contributed by atoms with Crippen LogP contribution < -0.4 is 0 Å². The number of rotatable bonds is 1. The van der Waals surface area contributed by atoms with Gasteiger partial charge in [-0.3, -0.25) is 4.39 Å². The van der Waals surface area contributed by atoms with E-state index in [2.05, 4.69) is 13.8 Å². The lowest BCUT2D eigenvalue weighted by molar-refractivity contribution is 0.135. The minimum Gasteiger partial charge on any atom is -0.251 e. The summed E-state index contributed by atoms with van der Waals surface area (Å²) < 4.78 is 12.4. The number of hydrogen-bond donors (Lipinski definition) is 0. The molecule has 12 heavy (non-hydrogen) atoms. The van der Waals surface area contributed by atoms with Gasteiger partial charge in [0.05, 0.1) is 6.67 Å². The average molecular weight is 174 g/mol. The first-order chi connectivity index (χ1) is 5.66. The summed E-state index contributed by atoms with van der Waals surface area (Å²) in [6, 6.07) is 0. The van der Waals surface area contributed by atoms with Crippen LogP contribution in [0.15, 0.2) is 0 Å². The van der Waals surface area contributed by atoms with E-state index in [1.807, 2.05) is 13.8 Å². The van der Waals surface area contributed by atoms with Gasteiger partial charge >= 0.3 is 0 Å². The van der Waals surface area contributed by atoms with Gasteiger partial charge < -0.3 is 0 Å². The fourth-order valence-corrected chi connectivity index (χ4v) is 1.59. The number of alkyl halides is 1. The Morgan fingerprint density at radius 3 is 2.00 bits per heavy atom. The zero-order valence-electron chi connectivity index (χ0n) is 8.99. The summed E-state index contributed by atoms with van der Waals surface area (Å²) in [5, 5.41) is 0. The van der Waals surface area contributed by atoms with Gasteiger partial charge in [0.1, 0.15) is 0 Å². The summed E-state index contributed by atoms with van der Waals surface area (Å²) in [6.07, 6.45) is 4.62. The van der Waals surface area contributed by atoms with Crippen molar-refractivity contribution in [3.8, 4) is 0 Å². The highest BCUT2D eigenvalue weighted by Crippen LogP contribution is 2.38. The molecule has 1 saturated carbocycles. The van der Waals surface area contributed by atoms with Crippen LogP contribution in [0.2, 0.25) is 0 Å². The van der Waals surface area contributed by atoms with Gasteiger partial charge in [-0.1, -0.05) is 40.5 Å². The molecule has 0 saturated heterocycles. The highest BCUT2D eigenvalue weighted by Gasteiger charge is 2.29. The van der Waals surface area contributed by atoms with E-state index in [9.17, 15) is 4.39 Å². The van der Waals surface area contributed by atoms with E-state index < -0.39 is 0 Å². The SMILES string of the molecule is CC.CC1CCC(C)(CF)CC1. The maximum absolute atomic E-state index is 12.4. The Morgan fingerprint density at radius 1 is 1.25 bits per heavy atom. The van der Waals surface area contributed by atoms with Crippen LogP contribution >= 0.6 is 0 Å². The summed E-state index contributed by atoms with van der Waals surface area (Å²) in [5.41, 5.74) is 0.0342. The van der Waals surface area contributed by atoms with Crippen LogP contribution in [-0.2, 0) is 0 Å². The standard InChI is InChI=1S/C9H17F.C2H6/c1-8-3-5-9(2,7-10)6-4-8;1-2/h8H,3-7H2,1-2H3;1-2H3. The van der Waals surface area contributed by atoms with Crippen molar-refractivity contribution in [1.29, 1.82) is 0 Å². The molecule has 74 valence electrons. The molecule has 0 aromatic rings. The van der Waals surface area contributed by atoms with Crippen molar-refractivity contribution in [2.24, 2.45) is 11.3 Å². The van der Waals surface area contributed by atoms with Crippen LogP contribution in [-0.4, -0.2) is 6.67 Å². The van der Waals surface area contributed by atoms with E-state index in [4.69, 9.17) is 0 Å². The van der Waals surface area contributed by atoms with Crippen LogP contribution in [0.4, 0.5) is 4.39 Å². The molecule has 0 amide bonds. The molecule has 1 aliphatic carbocycles. The fourth-order valence-electron chi connectivity index (χ4n) is 1.59. The topological polar surface area (TPSA) is 0 Å². The lowest BCUT2D eigenvalue weighted by Gasteiger charge is -2.33. The van der Waals surface area contributed by atoms with Crippen LogP contribution in [0.5, 0.6) is 0 Å². The molecular formula is C11H23F. The molecule has 0 nitrogen and oxygen atoms in total. The summed E-state index contributed by atoms with van der Waals surface area (Å²) in [5.74, 6) is 0.833. The Balaban J connectivity index is 0.000000561. The molecule has 0 N–H and O–H groups in total. The van der Waals surface area contributed by atoms with Gasteiger partial charge in [-0.25, -0.2) is 0 Å². The first-order valence-corrected chi connectivity index (χ1v) is 5.22. The second kappa shape index (κ2) is 5.55. The van der Waals surface area contributed by atoms with Crippen LogP contribution in [0, 0.1) is 11.3 Å². The van der Waals surface area contributed by atoms with Crippen molar-refractivity contribution in [3.05, 3.63) is 0 Å². The Hall–Kier alpha value is -0.0700. The highest BCUT2D eigenvalue weighted by atomic mass is 19.1. The van der Waals surface area contributed by atoms with Gasteiger partial charge in [0, 0.05) is 0 Å². The number of halogens is 1. The van der Waals surface area contributed by atoms with Gasteiger partial charge in [0.25, 0.3) is 0 Å². The van der Waals surface area contributed by atoms with Gasteiger partial charge in [0.15, 0.2) is 0 Å². The van der Waals surface area contributed by atoms with Crippen molar-refractivity contribution >= 4 is 0 Å². The Kier molecular flexibility index (Phi) is 5.52. The third-order valence-corrected chi connectivity index (χ3v) is 2.80. The monoisotopic (exact) mass is 174 g/mol. The summed E-state index contributed by atoms with van der Waals surface area (Å²) in [7, 11) is 0. The van der Waals surface area contributed by atoms with Crippen LogP contribution in [0.25, 0.3) is 0 Å². The molecule has 1 rings (SSSR count). The van der Waals surface area contributed by atoms with E-state index in [1.54, 1.807) is 0 Å². The van der Waals surface area contributed by atoms with E-state index in [-0.39, 0.29) is 12.1 Å². The first kappa shape index (κ1) is 11.9. The van der Waals surface area contributed by atoms with E-state index >= 15 is 0 Å². The maximum atomic E-state index is 12.4. The third kappa shape index (κ3) is 3.55. The molecule has 1 heteroatoms. The molecular weight excluding hydrogens is 151 g/mol. The first-order valence-electron chi connectivity index (χ1n) is 5.22. The van der Waals surface area contributed by atoms with Crippen molar-refractivity contribution in [2.75, 3.05) is 6.67 Å². The van der Waals surface area contributed by atoms with Crippen molar-refractivity contribution in [1.82, 2.24) is 0 Å². The van der Waals surface area contributed by atoms with E-state index in [0.717, 1.165) is 18.8 Å². The summed E-state index contributed by atoms with van der Waals surface area (Å²) in [6.45, 7) is 8.20. The van der Waals surface area contributed by atoms with Gasteiger partial charge in [-0.05, 0) is 24.2 Å².